The van der Waals surface area contributed by atoms with Gasteiger partial charge in [0.15, 0.2) is 6.54 Å². The first-order valence-electron chi connectivity index (χ1n) is 14.8. The zero-order chi connectivity index (χ0) is 31.9. The number of likely N-dealkylation sites (tertiary alicyclic amines) is 2. The van der Waals surface area contributed by atoms with Crippen LogP contribution < -0.4 is 29.7 Å². The molecule has 3 saturated heterocycles. The number of nitrogens with zero attached hydrogens (tertiary/aromatic N) is 4. The van der Waals surface area contributed by atoms with Gasteiger partial charge in [0.1, 0.15) is 12.3 Å². The standard InChI is InChI=1S/C29H37N5O9S.HI/c1-16-24-23(17(2)35)27(37)32(24)25(28(38)39)26(16)44-21-11-20(13-34(14-22(30)36)9-3-4-10-34)31(12-21)29(40)43-15-18-5-7-19(8-6-18)33(41)42;/h5-8,16-17,20-21,23-24,35H,3-4,9-15H2,1-2H3,(H2-,30,36,38,39);1H/t16-,17-,20+,21+,23-,24-;/m1./s1. The van der Waals surface area contributed by atoms with Crippen LogP contribution in [0, 0.1) is 22.0 Å². The van der Waals surface area contributed by atoms with E-state index in [0.29, 0.717) is 27.9 Å². The van der Waals surface area contributed by atoms with E-state index in [9.17, 15) is 39.5 Å². The Morgan fingerprint density at radius 2 is 1.87 bits per heavy atom. The summed E-state index contributed by atoms with van der Waals surface area (Å²) >= 11 is 1.35. The number of carboxylic acids is 1. The number of benzene rings is 1. The van der Waals surface area contributed by atoms with Crippen LogP contribution in [-0.2, 0) is 25.7 Å². The summed E-state index contributed by atoms with van der Waals surface area (Å²) in [6.07, 6.45) is 0.897. The number of aliphatic hydroxyl groups excluding tert-OH is 1. The molecule has 4 aliphatic heterocycles. The molecule has 0 bridgehead atoms. The minimum Gasteiger partial charge on any atom is -1.00 e. The lowest BCUT2D eigenvalue weighted by Gasteiger charge is -2.46. The molecule has 3 fully saturated rings. The van der Waals surface area contributed by atoms with Crippen molar-refractivity contribution in [2.24, 2.45) is 17.6 Å². The summed E-state index contributed by atoms with van der Waals surface area (Å²) in [7, 11) is 0. The molecule has 0 radical (unpaired) electrons. The number of carboxylic acid groups (broad SMARTS) is 1. The van der Waals surface area contributed by atoms with E-state index in [2.05, 4.69) is 0 Å². The van der Waals surface area contributed by atoms with Crippen LogP contribution in [0.3, 0.4) is 0 Å². The number of thioether (sulfide) groups is 1. The Labute approximate surface area is 281 Å². The highest BCUT2D eigenvalue weighted by Crippen LogP contribution is 2.52. The number of rotatable bonds is 11. The number of amides is 3. The van der Waals surface area contributed by atoms with E-state index in [1.165, 1.54) is 47.9 Å². The number of halogens is 1. The third-order valence-corrected chi connectivity index (χ3v) is 10.8. The Hall–Kier alpha value is -2.96. The lowest BCUT2D eigenvalue weighted by Crippen LogP contribution is -3.00. The minimum atomic E-state index is -1.21. The molecule has 0 aromatic heterocycles. The molecule has 14 nitrogen and oxygen atoms in total. The number of non-ortho nitro benzene ring substituents is 1. The first-order chi connectivity index (χ1) is 20.8. The molecule has 16 heteroatoms. The van der Waals surface area contributed by atoms with Gasteiger partial charge >= 0.3 is 12.1 Å². The van der Waals surface area contributed by atoms with E-state index in [-0.39, 0.29) is 72.3 Å². The molecular formula is C29H38IN5O9S. The predicted octanol–water partition coefficient (Wildman–Crippen LogP) is -1.34. The average Bonchev–Trinajstić information content (AvgIpc) is 3.63. The maximum atomic E-state index is 13.5. The van der Waals surface area contributed by atoms with Crippen molar-refractivity contribution in [1.82, 2.24) is 9.80 Å². The number of hydrogen-bond acceptors (Lipinski definition) is 9. The van der Waals surface area contributed by atoms with Crippen LogP contribution in [0.5, 0.6) is 0 Å². The number of nitro groups is 1. The highest BCUT2D eigenvalue weighted by Gasteiger charge is 2.60. The maximum absolute atomic E-state index is 13.5. The summed E-state index contributed by atoms with van der Waals surface area (Å²) in [6, 6.07) is 4.97. The molecule has 0 aliphatic carbocycles. The smallest absolute Gasteiger partial charge is 0.410 e. The fraction of sp³-hybridized carbons (Fsp3) is 0.586. The van der Waals surface area contributed by atoms with Gasteiger partial charge in [-0.05, 0) is 31.0 Å². The number of β-lactam (4-membered cyclic amide) rings is 1. The van der Waals surface area contributed by atoms with Crippen molar-refractivity contribution >= 4 is 41.3 Å². The van der Waals surface area contributed by atoms with E-state index in [4.69, 9.17) is 10.5 Å². The second kappa shape index (κ2) is 13.8. The van der Waals surface area contributed by atoms with Gasteiger partial charge in [0.05, 0.1) is 48.7 Å². The molecular weight excluding hydrogens is 721 g/mol. The number of carbonyl (C=O) groups is 4. The normalized spacial score (nSPS) is 27.4. The fourth-order valence-corrected chi connectivity index (χ4v) is 8.91. The predicted molar refractivity (Wildman–Crippen MR) is 158 cm³/mol. The van der Waals surface area contributed by atoms with Gasteiger partial charge in [-0.15, -0.1) is 11.8 Å². The number of nitro benzene ring substituents is 1. The molecule has 6 atom stereocenters. The van der Waals surface area contributed by atoms with Gasteiger partial charge in [-0.1, -0.05) is 6.92 Å². The van der Waals surface area contributed by atoms with Crippen molar-refractivity contribution in [3.05, 3.63) is 50.5 Å². The molecule has 4 aliphatic rings. The summed E-state index contributed by atoms with van der Waals surface area (Å²) in [5.74, 6) is -3.01. The Balaban J connectivity index is 0.00000461. The van der Waals surface area contributed by atoms with E-state index in [1.807, 2.05) is 6.92 Å². The van der Waals surface area contributed by atoms with Crippen molar-refractivity contribution in [2.45, 2.75) is 63.2 Å². The summed E-state index contributed by atoms with van der Waals surface area (Å²) in [6.45, 7) is 5.72. The second-order valence-corrected chi connectivity index (χ2v) is 13.7. The monoisotopic (exact) mass is 759 g/mol. The van der Waals surface area contributed by atoms with Crippen molar-refractivity contribution in [2.75, 3.05) is 32.7 Å². The van der Waals surface area contributed by atoms with Crippen molar-refractivity contribution in [3.63, 3.8) is 0 Å². The third-order valence-electron chi connectivity index (χ3n) is 9.33. The van der Waals surface area contributed by atoms with Crippen molar-refractivity contribution in [1.29, 1.82) is 0 Å². The third kappa shape index (κ3) is 6.92. The number of nitrogens with two attached hydrogens (primary N) is 1. The number of aliphatic carboxylic acids is 1. The molecule has 0 unspecified atom stereocenters. The maximum Gasteiger partial charge on any atom is 0.410 e. The lowest BCUT2D eigenvalue weighted by molar-refractivity contribution is -0.910. The van der Waals surface area contributed by atoms with E-state index in [0.717, 1.165) is 25.9 Å². The molecule has 45 heavy (non-hydrogen) atoms. The van der Waals surface area contributed by atoms with E-state index >= 15 is 0 Å². The summed E-state index contributed by atoms with van der Waals surface area (Å²) in [4.78, 5) is 64.6. The molecule has 1 aromatic carbocycles. The number of primary amides is 1. The molecule has 1 aromatic rings. The quantitative estimate of drug-likeness (QED) is 0.0800. The van der Waals surface area contributed by atoms with Crippen LogP contribution in [0.25, 0.3) is 0 Å². The van der Waals surface area contributed by atoms with Crippen LogP contribution >= 0.6 is 11.8 Å². The summed E-state index contributed by atoms with van der Waals surface area (Å²) < 4.78 is 6.10. The topological polar surface area (TPSA) is 194 Å². The SMILES string of the molecule is C[C@@H](O)[C@H]1C(=O)N2C(C(=O)O)=C(S[C@H]3C[C@@H](C[N+]4(CC(N)=O)CCCC4)N(C(=O)OCc4ccc([N+](=O)[O-])cc4)C3)[C@H](C)[C@H]12.[I-]. The first-order valence-corrected chi connectivity index (χ1v) is 15.6. The zero-order valence-corrected chi connectivity index (χ0v) is 28.0. The molecule has 5 rings (SSSR count). The molecule has 246 valence electrons. The average molecular weight is 760 g/mol. The first kappa shape index (κ1) is 34.9. The highest BCUT2D eigenvalue weighted by atomic mass is 127. The van der Waals surface area contributed by atoms with Crippen LogP contribution in [0.15, 0.2) is 34.9 Å². The summed E-state index contributed by atoms with van der Waals surface area (Å²) in [5.41, 5.74) is 6.06. The second-order valence-electron chi connectivity index (χ2n) is 12.3. The Kier molecular flexibility index (Phi) is 10.7. The molecule has 4 N–H and O–H groups in total. The Bertz CT molecular complexity index is 1380. The number of quaternary nitrogens is 1. The van der Waals surface area contributed by atoms with Gasteiger partial charge in [-0.3, -0.25) is 24.6 Å². The van der Waals surface area contributed by atoms with Crippen molar-refractivity contribution < 1.29 is 67.5 Å². The molecule has 3 amide bonds. The minimum absolute atomic E-state index is 0. The number of hydrogen-bond donors (Lipinski definition) is 3. The van der Waals surface area contributed by atoms with E-state index in [1.54, 1.807) is 4.90 Å². The van der Waals surface area contributed by atoms with Gasteiger partial charge < -0.3 is 54.0 Å². The van der Waals surface area contributed by atoms with Gasteiger partial charge in [-0.2, -0.15) is 0 Å². The van der Waals surface area contributed by atoms with Crippen LogP contribution in [0.4, 0.5) is 10.5 Å². The lowest BCUT2D eigenvalue weighted by atomic mass is 9.79. The molecule has 4 heterocycles. The van der Waals surface area contributed by atoms with Crippen LogP contribution in [0.1, 0.15) is 38.7 Å². The van der Waals surface area contributed by atoms with Crippen molar-refractivity contribution in [3.8, 4) is 0 Å². The molecule has 0 spiro atoms. The highest BCUT2D eigenvalue weighted by molar-refractivity contribution is 8.03. The van der Waals surface area contributed by atoms with E-state index < -0.39 is 46.9 Å². The van der Waals surface area contributed by atoms with Crippen LogP contribution in [-0.4, -0.2) is 109 Å². The number of fused-ring (bicyclic) bond motifs is 1. The number of ether oxygens (including phenoxy) is 1. The zero-order valence-electron chi connectivity index (χ0n) is 25.0. The Morgan fingerprint density at radius 3 is 2.42 bits per heavy atom. The number of aliphatic hydroxyl groups is 1. The Morgan fingerprint density at radius 1 is 1.22 bits per heavy atom. The largest absolute Gasteiger partial charge is 1.00 e. The van der Waals surface area contributed by atoms with Crippen LogP contribution in [0.2, 0.25) is 0 Å². The number of carbonyl (C=O) groups excluding carboxylic acids is 3. The van der Waals surface area contributed by atoms with Gasteiger partial charge in [0.25, 0.3) is 11.6 Å². The van der Waals surface area contributed by atoms with Gasteiger partial charge in [0, 0.05) is 47.6 Å². The fourth-order valence-electron chi connectivity index (χ4n) is 7.35. The van der Waals surface area contributed by atoms with Gasteiger partial charge in [-0.25, -0.2) is 9.59 Å². The molecule has 0 saturated carbocycles. The summed E-state index contributed by atoms with van der Waals surface area (Å²) in [5, 5.41) is 31.0. The van der Waals surface area contributed by atoms with Gasteiger partial charge in [0.2, 0.25) is 5.91 Å².